The number of hydrogen-bond acceptors (Lipinski definition) is 3. The zero-order valence-electron chi connectivity index (χ0n) is 17.2. The van der Waals surface area contributed by atoms with Gasteiger partial charge in [0.05, 0.1) is 11.4 Å². The molecule has 0 radical (unpaired) electrons. The number of para-hydroxylation sites is 1. The minimum absolute atomic E-state index is 0.163. The van der Waals surface area contributed by atoms with Crippen molar-refractivity contribution in [2.45, 2.75) is 20.4 Å². The molecule has 6 heteroatoms. The van der Waals surface area contributed by atoms with Crippen molar-refractivity contribution in [1.29, 1.82) is 0 Å². The van der Waals surface area contributed by atoms with Crippen LogP contribution < -0.4 is 10.5 Å². The molecule has 1 aromatic heterocycles. The molecule has 152 valence electrons. The van der Waals surface area contributed by atoms with Crippen molar-refractivity contribution in [3.05, 3.63) is 80.7 Å². The highest BCUT2D eigenvalue weighted by Gasteiger charge is 2.23. The molecule has 2 heterocycles. The molecule has 0 N–H and O–H groups in total. The lowest BCUT2D eigenvalue weighted by Crippen LogP contribution is -2.46. The van der Waals surface area contributed by atoms with Gasteiger partial charge in [0.2, 0.25) is 0 Å². The van der Waals surface area contributed by atoms with Crippen LogP contribution in [0, 0.1) is 13.8 Å². The molecule has 3 aromatic rings. The number of benzene rings is 2. The largest absolute Gasteiger partial charge is 0.369 e. The Kier molecular flexibility index (Phi) is 5.52. The number of rotatable bonds is 4. The second kappa shape index (κ2) is 8.09. The SMILES string of the molecule is Cc1ccc(N2CCN(Cc3c(Cl)c(=O)n(-c4ccccc4)n3C)CC2)cc1C. The van der Waals surface area contributed by atoms with Crippen LogP contribution in [0.3, 0.4) is 0 Å². The maximum Gasteiger partial charge on any atom is 0.290 e. The fourth-order valence-corrected chi connectivity index (χ4v) is 4.21. The molecule has 1 saturated heterocycles. The van der Waals surface area contributed by atoms with Crippen LogP contribution in [0.5, 0.6) is 0 Å². The number of piperazine rings is 1. The van der Waals surface area contributed by atoms with Crippen LogP contribution in [0.25, 0.3) is 5.69 Å². The van der Waals surface area contributed by atoms with Crippen LogP contribution in [0.4, 0.5) is 5.69 Å². The van der Waals surface area contributed by atoms with Crippen molar-refractivity contribution in [1.82, 2.24) is 14.3 Å². The molecule has 4 rings (SSSR count). The average molecular weight is 411 g/mol. The van der Waals surface area contributed by atoms with Crippen molar-refractivity contribution in [2.24, 2.45) is 7.05 Å². The zero-order chi connectivity index (χ0) is 20.5. The number of anilines is 1. The first kappa shape index (κ1) is 19.8. The van der Waals surface area contributed by atoms with Gasteiger partial charge in [0.25, 0.3) is 5.56 Å². The molecule has 1 aliphatic rings. The van der Waals surface area contributed by atoms with E-state index in [4.69, 9.17) is 11.6 Å². The molecular formula is C23H27ClN4O. The van der Waals surface area contributed by atoms with Crippen molar-refractivity contribution >= 4 is 17.3 Å². The number of aryl methyl sites for hydroxylation is 2. The molecule has 5 nitrogen and oxygen atoms in total. The standard InChI is InChI=1S/C23H27ClN4O/c1-17-9-10-20(15-18(17)2)27-13-11-26(12-14-27)16-21-22(24)23(29)28(25(21)3)19-7-5-4-6-8-19/h4-10,15H,11-14,16H2,1-3H3. The van der Waals surface area contributed by atoms with Crippen LogP contribution in [-0.2, 0) is 13.6 Å². The highest BCUT2D eigenvalue weighted by Crippen LogP contribution is 2.22. The van der Waals surface area contributed by atoms with Crippen molar-refractivity contribution in [3.63, 3.8) is 0 Å². The summed E-state index contributed by atoms with van der Waals surface area (Å²) in [5, 5.41) is 0.313. The third-order valence-electron chi connectivity index (χ3n) is 5.93. The zero-order valence-corrected chi connectivity index (χ0v) is 18.0. The lowest BCUT2D eigenvalue weighted by atomic mass is 10.1. The lowest BCUT2D eigenvalue weighted by molar-refractivity contribution is 0.243. The Hall–Kier alpha value is -2.50. The van der Waals surface area contributed by atoms with Crippen molar-refractivity contribution < 1.29 is 0 Å². The van der Waals surface area contributed by atoms with E-state index in [0.29, 0.717) is 11.6 Å². The predicted molar refractivity (Wildman–Crippen MR) is 119 cm³/mol. The highest BCUT2D eigenvalue weighted by molar-refractivity contribution is 6.31. The summed E-state index contributed by atoms with van der Waals surface area (Å²) in [4.78, 5) is 17.5. The third kappa shape index (κ3) is 3.85. The molecule has 1 aliphatic heterocycles. The summed E-state index contributed by atoms with van der Waals surface area (Å²) < 4.78 is 3.53. The molecule has 1 fully saturated rings. The van der Waals surface area contributed by atoms with Gasteiger partial charge in [-0.25, -0.2) is 4.68 Å². The van der Waals surface area contributed by atoms with Crippen LogP contribution in [0.2, 0.25) is 5.02 Å². The molecule has 2 aromatic carbocycles. The maximum atomic E-state index is 12.7. The monoisotopic (exact) mass is 410 g/mol. The van der Waals surface area contributed by atoms with Gasteiger partial charge in [-0.3, -0.25) is 14.4 Å². The Morgan fingerprint density at radius 1 is 0.897 bits per heavy atom. The Morgan fingerprint density at radius 2 is 1.59 bits per heavy atom. The van der Waals surface area contributed by atoms with Gasteiger partial charge >= 0.3 is 0 Å². The van der Waals surface area contributed by atoms with E-state index in [2.05, 4.69) is 41.8 Å². The summed E-state index contributed by atoms with van der Waals surface area (Å²) in [6.45, 7) is 8.79. The quantitative estimate of drug-likeness (QED) is 0.656. The summed E-state index contributed by atoms with van der Waals surface area (Å²) in [6.07, 6.45) is 0. The van der Waals surface area contributed by atoms with E-state index in [-0.39, 0.29) is 5.56 Å². The summed E-state index contributed by atoms with van der Waals surface area (Å²) in [5.41, 5.74) is 5.46. The van der Waals surface area contributed by atoms with E-state index in [1.54, 1.807) is 4.68 Å². The number of aromatic nitrogens is 2. The fourth-order valence-electron chi connectivity index (χ4n) is 3.95. The summed E-state index contributed by atoms with van der Waals surface area (Å²) in [6, 6.07) is 16.3. The van der Waals surface area contributed by atoms with E-state index in [9.17, 15) is 4.79 Å². The maximum absolute atomic E-state index is 12.7. The summed E-state index contributed by atoms with van der Waals surface area (Å²) in [7, 11) is 1.90. The molecule has 0 unspecified atom stereocenters. The lowest BCUT2D eigenvalue weighted by Gasteiger charge is -2.36. The molecule has 0 saturated carbocycles. The molecule has 0 atom stereocenters. The fraction of sp³-hybridized carbons (Fsp3) is 0.348. The van der Waals surface area contributed by atoms with E-state index in [1.165, 1.54) is 16.8 Å². The van der Waals surface area contributed by atoms with Crippen molar-refractivity contribution in [2.75, 3.05) is 31.1 Å². The van der Waals surface area contributed by atoms with Gasteiger partial charge in [-0.1, -0.05) is 35.9 Å². The van der Waals surface area contributed by atoms with Gasteiger partial charge in [-0.15, -0.1) is 0 Å². The molecule has 0 spiro atoms. The number of hydrogen-bond donors (Lipinski definition) is 0. The smallest absolute Gasteiger partial charge is 0.290 e. The number of nitrogens with zero attached hydrogens (tertiary/aromatic N) is 4. The van der Waals surface area contributed by atoms with E-state index in [1.807, 2.05) is 42.1 Å². The minimum Gasteiger partial charge on any atom is -0.369 e. The van der Waals surface area contributed by atoms with E-state index >= 15 is 0 Å². The first-order valence-corrected chi connectivity index (χ1v) is 10.4. The van der Waals surface area contributed by atoms with Crippen molar-refractivity contribution in [3.8, 4) is 5.69 Å². The van der Waals surface area contributed by atoms with Gasteiger partial charge in [0, 0.05) is 45.5 Å². The average Bonchev–Trinajstić information content (AvgIpc) is 2.94. The van der Waals surface area contributed by atoms with Crippen LogP contribution >= 0.6 is 11.6 Å². The van der Waals surface area contributed by atoms with Crippen LogP contribution in [0.15, 0.2) is 53.3 Å². The van der Waals surface area contributed by atoms with Crippen LogP contribution in [-0.4, -0.2) is 40.4 Å². The second-order valence-corrected chi connectivity index (χ2v) is 8.15. The molecule has 0 bridgehead atoms. The molecular weight excluding hydrogens is 384 g/mol. The predicted octanol–water partition coefficient (Wildman–Crippen LogP) is 3.77. The van der Waals surface area contributed by atoms with Gasteiger partial charge in [-0.2, -0.15) is 0 Å². The normalized spacial score (nSPS) is 15.1. The Bertz CT molecular complexity index is 1060. The van der Waals surface area contributed by atoms with Gasteiger partial charge < -0.3 is 4.90 Å². The highest BCUT2D eigenvalue weighted by atomic mass is 35.5. The second-order valence-electron chi connectivity index (χ2n) is 7.77. The first-order chi connectivity index (χ1) is 14.0. The molecule has 0 aliphatic carbocycles. The van der Waals surface area contributed by atoms with Gasteiger partial charge in [0.15, 0.2) is 0 Å². The summed E-state index contributed by atoms with van der Waals surface area (Å²) >= 11 is 6.45. The Labute approximate surface area is 176 Å². The summed E-state index contributed by atoms with van der Waals surface area (Å²) in [5.74, 6) is 0. The first-order valence-electron chi connectivity index (χ1n) is 10.0. The minimum atomic E-state index is -0.163. The van der Waals surface area contributed by atoms with E-state index in [0.717, 1.165) is 37.6 Å². The van der Waals surface area contributed by atoms with E-state index < -0.39 is 0 Å². The Balaban J connectivity index is 1.49. The molecule has 0 amide bonds. The third-order valence-corrected chi connectivity index (χ3v) is 6.31. The number of halogens is 1. The van der Waals surface area contributed by atoms with Crippen LogP contribution in [0.1, 0.15) is 16.8 Å². The van der Waals surface area contributed by atoms with Gasteiger partial charge in [-0.05, 0) is 49.2 Å². The Morgan fingerprint density at radius 3 is 2.24 bits per heavy atom. The molecule has 29 heavy (non-hydrogen) atoms. The van der Waals surface area contributed by atoms with Gasteiger partial charge in [0.1, 0.15) is 5.02 Å². The topological polar surface area (TPSA) is 33.4 Å².